The maximum Gasteiger partial charge on any atom is 0.307 e. The highest BCUT2D eigenvalue weighted by Crippen LogP contribution is 2.29. The zero-order valence-corrected chi connectivity index (χ0v) is 11.9. The van der Waals surface area contributed by atoms with Crippen molar-refractivity contribution in [3.8, 4) is 11.5 Å². The Morgan fingerprint density at radius 1 is 1.21 bits per heavy atom. The van der Waals surface area contributed by atoms with Gasteiger partial charge < -0.3 is 19.9 Å². The number of rotatable bonds is 6. The quantitative estimate of drug-likeness (QED) is 0.791. The van der Waals surface area contributed by atoms with Crippen molar-refractivity contribution >= 4 is 5.97 Å². The topological polar surface area (TPSA) is 70.8 Å². The summed E-state index contributed by atoms with van der Waals surface area (Å²) < 4.78 is 15.1. The van der Waals surface area contributed by atoms with Gasteiger partial charge in [-0.25, -0.2) is 0 Å². The van der Waals surface area contributed by atoms with E-state index in [1.54, 1.807) is 14.2 Å². The molecule has 0 amide bonds. The largest absolute Gasteiger partial charge is 0.493 e. The molecule has 106 valence electrons. The van der Waals surface area contributed by atoms with Crippen LogP contribution in [0, 0.1) is 0 Å². The normalized spacial score (nSPS) is 13.5. The Morgan fingerprint density at radius 2 is 1.84 bits per heavy atom. The minimum absolute atomic E-state index is 0.165. The van der Waals surface area contributed by atoms with Crippen molar-refractivity contribution in [1.29, 1.82) is 0 Å². The molecule has 0 spiro atoms. The van der Waals surface area contributed by atoms with Crippen LogP contribution in [0.4, 0.5) is 0 Å². The summed E-state index contributed by atoms with van der Waals surface area (Å²) in [4.78, 5) is 11.3. The minimum Gasteiger partial charge on any atom is -0.493 e. The van der Waals surface area contributed by atoms with Crippen molar-refractivity contribution in [2.75, 3.05) is 21.3 Å². The van der Waals surface area contributed by atoms with Gasteiger partial charge in [0, 0.05) is 5.54 Å². The van der Waals surface area contributed by atoms with Gasteiger partial charge in [-0.3, -0.25) is 4.79 Å². The van der Waals surface area contributed by atoms with Crippen LogP contribution in [0.3, 0.4) is 0 Å². The Kier molecular flexibility index (Phi) is 5.18. The molecule has 0 heterocycles. The molecule has 0 aliphatic rings. The molecule has 0 aliphatic carbocycles. The number of ether oxygens (including phenoxy) is 3. The lowest BCUT2D eigenvalue weighted by molar-refractivity contribution is -0.141. The molecule has 1 atom stereocenters. The maximum absolute atomic E-state index is 11.3. The molecule has 5 nitrogen and oxygen atoms in total. The fraction of sp³-hybridized carbons (Fsp3) is 0.500. The van der Waals surface area contributed by atoms with Gasteiger partial charge in [0.1, 0.15) is 0 Å². The van der Waals surface area contributed by atoms with Crippen LogP contribution >= 0.6 is 0 Å². The van der Waals surface area contributed by atoms with E-state index in [-0.39, 0.29) is 12.4 Å². The molecule has 0 bridgehead atoms. The van der Waals surface area contributed by atoms with Crippen LogP contribution < -0.4 is 15.2 Å². The Labute approximate surface area is 113 Å². The van der Waals surface area contributed by atoms with Gasteiger partial charge in [0.05, 0.1) is 27.8 Å². The molecule has 1 unspecified atom stereocenters. The number of benzene rings is 1. The first-order valence-electron chi connectivity index (χ1n) is 5.98. The summed E-state index contributed by atoms with van der Waals surface area (Å²) in [6, 6.07) is 5.59. The van der Waals surface area contributed by atoms with Crippen LogP contribution in [0.2, 0.25) is 0 Å². The average molecular weight is 267 g/mol. The van der Waals surface area contributed by atoms with E-state index in [1.807, 2.05) is 25.1 Å². The Balaban J connectivity index is 2.84. The molecule has 5 heteroatoms. The summed E-state index contributed by atoms with van der Waals surface area (Å²) >= 11 is 0. The number of esters is 1. The summed E-state index contributed by atoms with van der Waals surface area (Å²) in [6.07, 6.45) is 0.709. The van der Waals surface area contributed by atoms with Crippen LogP contribution in [-0.2, 0) is 16.0 Å². The van der Waals surface area contributed by atoms with E-state index in [9.17, 15) is 4.79 Å². The molecule has 0 radical (unpaired) electrons. The molecular weight excluding hydrogens is 246 g/mol. The van der Waals surface area contributed by atoms with Crippen molar-refractivity contribution in [1.82, 2.24) is 0 Å². The number of carbonyl (C=O) groups is 1. The highest BCUT2D eigenvalue weighted by atomic mass is 16.5. The Bertz CT molecular complexity index is 443. The Hall–Kier alpha value is -1.75. The van der Waals surface area contributed by atoms with Crippen molar-refractivity contribution < 1.29 is 19.0 Å². The predicted molar refractivity (Wildman–Crippen MR) is 72.5 cm³/mol. The number of methoxy groups -OCH3 is 3. The first kappa shape index (κ1) is 15.3. The minimum atomic E-state index is -0.660. The standard InChI is InChI=1S/C14H21NO4/c1-14(15,9-13(16)19-4)8-10-5-6-11(17-2)12(7-10)18-3/h5-7H,8-9,15H2,1-4H3. The number of carbonyl (C=O) groups excluding carboxylic acids is 1. The molecule has 2 N–H and O–H groups in total. The highest BCUT2D eigenvalue weighted by molar-refractivity contribution is 5.70. The summed E-state index contributed by atoms with van der Waals surface area (Å²) in [5.74, 6) is 0.997. The second-order valence-electron chi connectivity index (χ2n) is 4.77. The summed E-state index contributed by atoms with van der Waals surface area (Å²) in [5.41, 5.74) is 6.43. The van der Waals surface area contributed by atoms with Crippen molar-refractivity contribution in [3.63, 3.8) is 0 Å². The lowest BCUT2D eigenvalue weighted by Crippen LogP contribution is -2.41. The molecule has 0 aromatic heterocycles. The van der Waals surface area contributed by atoms with Crippen molar-refractivity contribution in [2.24, 2.45) is 5.73 Å². The summed E-state index contributed by atoms with van der Waals surface area (Å²) in [5, 5.41) is 0. The van der Waals surface area contributed by atoms with Crippen LogP contribution in [0.5, 0.6) is 11.5 Å². The smallest absolute Gasteiger partial charge is 0.307 e. The van der Waals surface area contributed by atoms with E-state index in [4.69, 9.17) is 15.2 Å². The molecule has 1 aromatic rings. The summed E-state index contributed by atoms with van der Waals surface area (Å²) in [6.45, 7) is 1.82. The van der Waals surface area contributed by atoms with Crippen LogP contribution in [-0.4, -0.2) is 32.8 Å². The second kappa shape index (κ2) is 6.43. The maximum atomic E-state index is 11.3. The van der Waals surface area contributed by atoms with Crippen LogP contribution in [0.15, 0.2) is 18.2 Å². The third-order valence-electron chi connectivity index (χ3n) is 2.83. The lowest BCUT2D eigenvalue weighted by atomic mass is 9.90. The van der Waals surface area contributed by atoms with Gasteiger partial charge >= 0.3 is 5.97 Å². The first-order chi connectivity index (χ1) is 8.91. The second-order valence-corrected chi connectivity index (χ2v) is 4.77. The van der Waals surface area contributed by atoms with E-state index >= 15 is 0 Å². The first-order valence-corrected chi connectivity index (χ1v) is 5.98. The summed E-state index contributed by atoms with van der Waals surface area (Å²) in [7, 11) is 4.52. The Morgan fingerprint density at radius 3 is 2.37 bits per heavy atom. The van der Waals surface area contributed by atoms with Crippen molar-refractivity contribution in [3.05, 3.63) is 23.8 Å². The predicted octanol–water partition coefficient (Wildman–Crippen LogP) is 1.53. The van der Waals surface area contributed by atoms with Gasteiger partial charge in [-0.05, 0) is 31.0 Å². The molecule has 19 heavy (non-hydrogen) atoms. The fourth-order valence-electron chi connectivity index (χ4n) is 1.92. The van der Waals surface area contributed by atoms with Gasteiger partial charge in [-0.15, -0.1) is 0 Å². The molecule has 0 fully saturated rings. The SMILES string of the molecule is COC(=O)CC(C)(N)Cc1ccc(OC)c(OC)c1. The number of hydrogen-bond donors (Lipinski definition) is 1. The van der Waals surface area contributed by atoms with E-state index in [0.29, 0.717) is 17.9 Å². The fourth-order valence-corrected chi connectivity index (χ4v) is 1.92. The molecule has 1 rings (SSSR count). The molecule has 1 aromatic carbocycles. The van der Waals surface area contributed by atoms with E-state index in [0.717, 1.165) is 5.56 Å². The number of nitrogens with two attached hydrogens (primary N) is 1. The zero-order valence-electron chi connectivity index (χ0n) is 11.9. The van der Waals surface area contributed by atoms with Gasteiger partial charge in [0.2, 0.25) is 0 Å². The van der Waals surface area contributed by atoms with Gasteiger partial charge in [-0.2, -0.15) is 0 Å². The van der Waals surface area contributed by atoms with Gasteiger partial charge in [0.15, 0.2) is 11.5 Å². The van der Waals surface area contributed by atoms with E-state index in [2.05, 4.69) is 4.74 Å². The molecule has 0 saturated heterocycles. The molecule has 0 aliphatic heterocycles. The lowest BCUT2D eigenvalue weighted by Gasteiger charge is -2.23. The monoisotopic (exact) mass is 267 g/mol. The van der Waals surface area contributed by atoms with E-state index in [1.165, 1.54) is 7.11 Å². The third-order valence-corrected chi connectivity index (χ3v) is 2.83. The van der Waals surface area contributed by atoms with Crippen LogP contribution in [0.25, 0.3) is 0 Å². The van der Waals surface area contributed by atoms with Crippen molar-refractivity contribution in [2.45, 2.75) is 25.3 Å². The zero-order chi connectivity index (χ0) is 14.5. The van der Waals surface area contributed by atoms with Gasteiger partial charge in [0.25, 0.3) is 0 Å². The van der Waals surface area contributed by atoms with Gasteiger partial charge in [-0.1, -0.05) is 6.07 Å². The van der Waals surface area contributed by atoms with Crippen LogP contribution in [0.1, 0.15) is 18.9 Å². The van der Waals surface area contributed by atoms with E-state index < -0.39 is 5.54 Å². The molecular formula is C14H21NO4. The average Bonchev–Trinajstić information content (AvgIpc) is 2.37. The number of hydrogen-bond acceptors (Lipinski definition) is 5. The third kappa shape index (κ3) is 4.44. The molecule has 0 saturated carbocycles. The highest BCUT2D eigenvalue weighted by Gasteiger charge is 2.24.